The molecule has 0 saturated carbocycles. The summed E-state index contributed by atoms with van der Waals surface area (Å²) < 4.78 is 0. The van der Waals surface area contributed by atoms with Gasteiger partial charge < -0.3 is 9.88 Å². The van der Waals surface area contributed by atoms with Gasteiger partial charge in [0.2, 0.25) is 5.91 Å². The number of benzene rings is 1. The van der Waals surface area contributed by atoms with Crippen molar-refractivity contribution in [1.29, 1.82) is 0 Å². The van der Waals surface area contributed by atoms with E-state index in [0.29, 0.717) is 18.2 Å². The van der Waals surface area contributed by atoms with Gasteiger partial charge in [-0.15, -0.1) is 0 Å². The molecule has 3 rings (SSSR count). The number of carbonyl (C=O) groups is 1. The molecule has 0 aliphatic carbocycles. The lowest BCUT2D eigenvalue weighted by molar-refractivity contribution is -0.132. The number of rotatable bonds is 3. The van der Waals surface area contributed by atoms with E-state index in [-0.39, 0.29) is 0 Å². The Bertz CT molecular complexity index is 602. The van der Waals surface area contributed by atoms with Crippen molar-refractivity contribution in [2.24, 2.45) is 5.92 Å². The normalized spacial score (nSPS) is 19.4. The minimum absolute atomic E-state index is 0.311. The Morgan fingerprint density at radius 3 is 3.15 bits per heavy atom. The number of amides is 1. The van der Waals surface area contributed by atoms with Crippen molar-refractivity contribution in [3.05, 3.63) is 36.0 Å². The summed E-state index contributed by atoms with van der Waals surface area (Å²) in [5.74, 6) is 0.967. The first-order valence-electron chi connectivity index (χ1n) is 7.56. The molecule has 1 fully saturated rings. The molecule has 0 unspecified atom stereocenters. The number of H-pyrrole nitrogens is 1. The van der Waals surface area contributed by atoms with Gasteiger partial charge in [0.1, 0.15) is 0 Å². The van der Waals surface area contributed by atoms with Gasteiger partial charge in [0, 0.05) is 31.2 Å². The van der Waals surface area contributed by atoms with E-state index in [0.717, 1.165) is 31.4 Å². The van der Waals surface area contributed by atoms with Crippen molar-refractivity contribution in [2.45, 2.75) is 32.6 Å². The summed E-state index contributed by atoms with van der Waals surface area (Å²) in [5.41, 5.74) is 2.40. The van der Waals surface area contributed by atoms with Crippen molar-refractivity contribution in [1.82, 2.24) is 9.88 Å². The lowest BCUT2D eigenvalue weighted by Crippen LogP contribution is -2.39. The zero-order chi connectivity index (χ0) is 13.9. The van der Waals surface area contributed by atoms with Gasteiger partial charge in [0.05, 0.1) is 0 Å². The van der Waals surface area contributed by atoms with Crippen LogP contribution >= 0.6 is 0 Å². The number of hydrogen-bond acceptors (Lipinski definition) is 1. The van der Waals surface area contributed by atoms with Crippen LogP contribution in [0.3, 0.4) is 0 Å². The highest BCUT2D eigenvalue weighted by Crippen LogP contribution is 2.18. The van der Waals surface area contributed by atoms with E-state index in [2.05, 4.69) is 36.2 Å². The molecule has 3 nitrogen and oxygen atoms in total. The van der Waals surface area contributed by atoms with Crippen molar-refractivity contribution in [3.8, 4) is 0 Å². The van der Waals surface area contributed by atoms with Crippen LogP contribution in [0.4, 0.5) is 0 Å². The van der Waals surface area contributed by atoms with Gasteiger partial charge >= 0.3 is 0 Å². The van der Waals surface area contributed by atoms with E-state index in [4.69, 9.17) is 0 Å². The van der Waals surface area contributed by atoms with E-state index >= 15 is 0 Å². The third-order valence-corrected chi connectivity index (χ3v) is 4.25. The number of carbonyl (C=O) groups excluding carboxylic acids is 1. The maximum Gasteiger partial charge on any atom is 0.222 e. The molecule has 1 N–H and O–H groups in total. The molecule has 1 atom stereocenters. The minimum Gasteiger partial charge on any atom is -0.361 e. The SMILES string of the molecule is C[C@H]1CCCN(C(=O)CCc2ccc3[nH]ccc3c2)C1. The first-order chi connectivity index (χ1) is 9.72. The lowest BCUT2D eigenvalue weighted by Gasteiger charge is -2.31. The number of nitrogens with zero attached hydrogens (tertiary/aromatic N) is 1. The van der Waals surface area contributed by atoms with Crippen molar-refractivity contribution in [2.75, 3.05) is 13.1 Å². The second-order valence-electron chi connectivity index (χ2n) is 5.99. The summed E-state index contributed by atoms with van der Waals surface area (Å²) in [5, 5.41) is 1.22. The number of aromatic amines is 1. The molecule has 1 aliphatic rings. The predicted molar refractivity (Wildman–Crippen MR) is 81.6 cm³/mol. The largest absolute Gasteiger partial charge is 0.361 e. The summed E-state index contributed by atoms with van der Waals surface area (Å²) in [6, 6.07) is 8.47. The quantitative estimate of drug-likeness (QED) is 0.912. The number of likely N-dealkylation sites (tertiary alicyclic amines) is 1. The molecule has 106 valence electrons. The molecule has 1 amide bonds. The predicted octanol–water partition coefficient (Wildman–Crippen LogP) is 3.36. The van der Waals surface area contributed by atoms with E-state index in [9.17, 15) is 4.79 Å². The van der Waals surface area contributed by atoms with Crippen LogP contribution in [0.15, 0.2) is 30.5 Å². The maximum atomic E-state index is 12.3. The second kappa shape index (κ2) is 5.70. The van der Waals surface area contributed by atoms with Crippen LogP contribution in [-0.2, 0) is 11.2 Å². The van der Waals surface area contributed by atoms with Crippen LogP contribution < -0.4 is 0 Å². The Kier molecular flexibility index (Phi) is 3.77. The molecule has 0 radical (unpaired) electrons. The van der Waals surface area contributed by atoms with Crippen LogP contribution in [0.25, 0.3) is 10.9 Å². The molecule has 2 heterocycles. The fraction of sp³-hybridized carbons (Fsp3) is 0.471. The van der Waals surface area contributed by atoms with E-state index in [1.54, 1.807) is 0 Å². The number of fused-ring (bicyclic) bond motifs is 1. The Morgan fingerprint density at radius 2 is 2.30 bits per heavy atom. The van der Waals surface area contributed by atoms with Gasteiger partial charge in [-0.1, -0.05) is 13.0 Å². The first-order valence-corrected chi connectivity index (χ1v) is 7.56. The van der Waals surface area contributed by atoms with Gasteiger partial charge in [-0.05, 0) is 54.3 Å². The number of hydrogen-bond donors (Lipinski definition) is 1. The van der Waals surface area contributed by atoms with Gasteiger partial charge in [-0.25, -0.2) is 0 Å². The highest BCUT2D eigenvalue weighted by Gasteiger charge is 2.20. The zero-order valence-corrected chi connectivity index (χ0v) is 12.1. The Hall–Kier alpha value is -1.77. The average Bonchev–Trinajstić information content (AvgIpc) is 2.92. The van der Waals surface area contributed by atoms with E-state index in [1.807, 2.05) is 11.1 Å². The molecular formula is C17H22N2O. The highest BCUT2D eigenvalue weighted by molar-refractivity contribution is 5.80. The second-order valence-corrected chi connectivity index (χ2v) is 5.99. The van der Waals surface area contributed by atoms with Crippen molar-refractivity contribution < 1.29 is 4.79 Å². The van der Waals surface area contributed by atoms with Crippen LogP contribution in [0.1, 0.15) is 31.7 Å². The third-order valence-electron chi connectivity index (χ3n) is 4.25. The molecule has 2 aromatic rings. The van der Waals surface area contributed by atoms with Crippen LogP contribution in [-0.4, -0.2) is 28.9 Å². The summed E-state index contributed by atoms with van der Waals surface area (Å²) in [6.45, 7) is 4.12. The molecular weight excluding hydrogens is 248 g/mol. The minimum atomic E-state index is 0.311. The summed E-state index contributed by atoms with van der Waals surface area (Å²) in [6.07, 6.45) is 5.83. The molecule has 0 spiro atoms. The van der Waals surface area contributed by atoms with Crippen LogP contribution in [0, 0.1) is 5.92 Å². The smallest absolute Gasteiger partial charge is 0.222 e. The highest BCUT2D eigenvalue weighted by atomic mass is 16.2. The number of aryl methyl sites for hydroxylation is 1. The average molecular weight is 270 g/mol. The van der Waals surface area contributed by atoms with E-state index < -0.39 is 0 Å². The van der Waals surface area contributed by atoms with Crippen LogP contribution in [0.2, 0.25) is 0 Å². The summed E-state index contributed by atoms with van der Waals surface area (Å²) in [7, 11) is 0. The fourth-order valence-corrected chi connectivity index (χ4v) is 3.08. The number of nitrogens with one attached hydrogen (secondary N) is 1. The summed E-state index contributed by atoms with van der Waals surface area (Å²) >= 11 is 0. The number of piperidine rings is 1. The molecule has 1 aromatic heterocycles. The zero-order valence-electron chi connectivity index (χ0n) is 12.1. The molecule has 1 aliphatic heterocycles. The Balaban J connectivity index is 1.59. The van der Waals surface area contributed by atoms with Crippen LogP contribution in [0.5, 0.6) is 0 Å². The number of aromatic nitrogens is 1. The van der Waals surface area contributed by atoms with Gasteiger partial charge in [-0.3, -0.25) is 4.79 Å². The van der Waals surface area contributed by atoms with Crippen molar-refractivity contribution in [3.63, 3.8) is 0 Å². The van der Waals surface area contributed by atoms with E-state index in [1.165, 1.54) is 17.4 Å². The molecule has 0 bridgehead atoms. The molecule has 1 saturated heterocycles. The Morgan fingerprint density at radius 1 is 1.40 bits per heavy atom. The molecule has 3 heteroatoms. The third kappa shape index (κ3) is 2.87. The standard InChI is InChI=1S/C17H22N2O/c1-13-3-2-10-19(12-13)17(20)7-5-14-4-6-16-15(11-14)8-9-18-16/h4,6,8-9,11,13,18H,2-3,5,7,10,12H2,1H3/t13-/m0/s1. The van der Waals surface area contributed by atoms with Gasteiger partial charge in [0.15, 0.2) is 0 Å². The summed E-state index contributed by atoms with van der Waals surface area (Å²) in [4.78, 5) is 17.5. The molecule has 20 heavy (non-hydrogen) atoms. The topological polar surface area (TPSA) is 36.1 Å². The maximum absolute atomic E-state index is 12.3. The molecule has 1 aromatic carbocycles. The van der Waals surface area contributed by atoms with Gasteiger partial charge in [0.25, 0.3) is 0 Å². The van der Waals surface area contributed by atoms with Crippen molar-refractivity contribution >= 4 is 16.8 Å². The Labute approximate surface area is 120 Å². The lowest BCUT2D eigenvalue weighted by atomic mass is 9.99. The van der Waals surface area contributed by atoms with Gasteiger partial charge in [-0.2, -0.15) is 0 Å². The monoisotopic (exact) mass is 270 g/mol. The fourth-order valence-electron chi connectivity index (χ4n) is 3.08. The first kappa shape index (κ1) is 13.2.